The van der Waals surface area contributed by atoms with Crippen LogP contribution in [0.15, 0.2) is 18.2 Å². The second-order valence-corrected chi connectivity index (χ2v) is 6.33. The largest absolute Gasteiger partial charge is 0.466 e. The standard InChI is InChI=1S/C18H24N4O3/c1-4-25-16(24)12-15(23)18-19-13-6-5-7-14(17(13)21(18)3)22-10-8-20(2)9-11-22/h5-7H,4,8-12H2,1-3H3. The van der Waals surface area contributed by atoms with Gasteiger partial charge in [0.25, 0.3) is 0 Å². The normalized spacial score (nSPS) is 15.6. The van der Waals surface area contributed by atoms with Crippen molar-refractivity contribution in [2.24, 2.45) is 7.05 Å². The molecule has 0 atom stereocenters. The first-order valence-corrected chi connectivity index (χ1v) is 8.59. The summed E-state index contributed by atoms with van der Waals surface area (Å²) in [5, 5.41) is 0. The van der Waals surface area contributed by atoms with Crippen LogP contribution in [0.2, 0.25) is 0 Å². The smallest absolute Gasteiger partial charge is 0.313 e. The molecule has 0 bridgehead atoms. The molecular weight excluding hydrogens is 320 g/mol. The predicted molar refractivity (Wildman–Crippen MR) is 96.0 cm³/mol. The molecule has 0 amide bonds. The quantitative estimate of drug-likeness (QED) is 0.465. The molecule has 0 saturated carbocycles. The zero-order valence-electron chi connectivity index (χ0n) is 15.0. The van der Waals surface area contributed by atoms with E-state index in [2.05, 4.69) is 27.9 Å². The zero-order chi connectivity index (χ0) is 18.0. The monoisotopic (exact) mass is 344 g/mol. The minimum absolute atomic E-state index is 0.266. The molecule has 7 heteroatoms. The van der Waals surface area contributed by atoms with Gasteiger partial charge < -0.3 is 19.1 Å². The Balaban J connectivity index is 1.93. The third-order valence-electron chi connectivity index (χ3n) is 4.58. The van der Waals surface area contributed by atoms with Crippen LogP contribution in [0.1, 0.15) is 24.0 Å². The highest BCUT2D eigenvalue weighted by atomic mass is 16.5. The molecule has 0 spiro atoms. The van der Waals surface area contributed by atoms with Crippen molar-refractivity contribution in [2.75, 3.05) is 44.7 Å². The Morgan fingerprint density at radius 2 is 1.88 bits per heavy atom. The molecule has 1 aliphatic rings. The average Bonchev–Trinajstić information content (AvgIpc) is 2.93. The SMILES string of the molecule is CCOC(=O)CC(=O)c1nc2cccc(N3CCN(C)CC3)c2n1C. The van der Waals surface area contributed by atoms with E-state index < -0.39 is 5.97 Å². The fraction of sp³-hybridized carbons (Fsp3) is 0.500. The van der Waals surface area contributed by atoms with E-state index in [0.717, 1.165) is 42.9 Å². The number of imidazole rings is 1. The summed E-state index contributed by atoms with van der Waals surface area (Å²) < 4.78 is 6.66. The van der Waals surface area contributed by atoms with Crippen molar-refractivity contribution in [2.45, 2.75) is 13.3 Å². The topological polar surface area (TPSA) is 67.7 Å². The van der Waals surface area contributed by atoms with Gasteiger partial charge in [0.1, 0.15) is 6.42 Å². The number of hydrogen-bond donors (Lipinski definition) is 0. The van der Waals surface area contributed by atoms with Gasteiger partial charge in [0, 0.05) is 33.2 Å². The third kappa shape index (κ3) is 3.51. The van der Waals surface area contributed by atoms with Gasteiger partial charge in [-0.05, 0) is 26.1 Å². The van der Waals surface area contributed by atoms with Crippen molar-refractivity contribution in [1.29, 1.82) is 0 Å². The van der Waals surface area contributed by atoms with E-state index in [4.69, 9.17) is 4.74 Å². The van der Waals surface area contributed by atoms with Crippen LogP contribution in [-0.4, -0.2) is 66.0 Å². The predicted octanol–water partition coefficient (Wildman–Crippen LogP) is 1.46. The summed E-state index contributed by atoms with van der Waals surface area (Å²) in [5.74, 6) is -0.537. The molecule has 1 aliphatic heterocycles. The van der Waals surface area contributed by atoms with Gasteiger partial charge in [-0.15, -0.1) is 0 Å². The number of esters is 1. The maximum atomic E-state index is 12.4. The zero-order valence-corrected chi connectivity index (χ0v) is 15.0. The van der Waals surface area contributed by atoms with Crippen LogP contribution in [0.3, 0.4) is 0 Å². The van der Waals surface area contributed by atoms with Crippen molar-refractivity contribution in [3.8, 4) is 0 Å². The number of aromatic nitrogens is 2. The summed E-state index contributed by atoms with van der Waals surface area (Å²) in [4.78, 5) is 33.1. The van der Waals surface area contributed by atoms with Gasteiger partial charge in [-0.25, -0.2) is 4.98 Å². The fourth-order valence-corrected chi connectivity index (χ4v) is 3.22. The molecule has 7 nitrogen and oxygen atoms in total. The minimum Gasteiger partial charge on any atom is -0.466 e. The molecule has 0 N–H and O–H groups in total. The first kappa shape index (κ1) is 17.4. The number of benzene rings is 1. The molecule has 3 rings (SSSR count). The van der Waals surface area contributed by atoms with E-state index in [9.17, 15) is 9.59 Å². The number of hydrogen-bond acceptors (Lipinski definition) is 6. The maximum absolute atomic E-state index is 12.4. The van der Waals surface area contributed by atoms with Crippen LogP contribution < -0.4 is 4.90 Å². The molecule has 134 valence electrons. The number of aryl methyl sites for hydroxylation is 1. The Labute approximate surface area is 147 Å². The van der Waals surface area contributed by atoms with Gasteiger partial charge in [0.2, 0.25) is 5.78 Å². The molecule has 1 fully saturated rings. The number of likely N-dealkylation sites (N-methyl/N-ethyl adjacent to an activating group) is 1. The lowest BCUT2D eigenvalue weighted by atomic mass is 10.2. The number of fused-ring (bicyclic) bond motifs is 1. The van der Waals surface area contributed by atoms with Crippen LogP contribution in [0.5, 0.6) is 0 Å². The van der Waals surface area contributed by atoms with Crippen LogP contribution >= 0.6 is 0 Å². The van der Waals surface area contributed by atoms with E-state index >= 15 is 0 Å². The molecule has 2 aromatic rings. The van der Waals surface area contributed by atoms with Crippen LogP contribution in [-0.2, 0) is 16.6 Å². The lowest BCUT2D eigenvalue weighted by Crippen LogP contribution is -2.44. The lowest BCUT2D eigenvalue weighted by Gasteiger charge is -2.34. The van der Waals surface area contributed by atoms with Crippen molar-refractivity contribution >= 4 is 28.5 Å². The number of carbonyl (C=O) groups excluding carboxylic acids is 2. The highest BCUT2D eigenvalue weighted by molar-refractivity contribution is 6.06. The summed E-state index contributed by atoms with van der Waals surface area (Å²) in [7, 11) is 3.95. The van der Waals surface area contributed by atoms with Crippen molar-refractivity contribution < 1.29 is 14.3 Å². The number of ether oxygens (including phenoxy) is 1. The molecule has 1 aromatic carbocycles. The Bertz CT molecular complexity index is 791. The maximum Gasteiger partial charge on any atom is 0.313 e. The molecular formula is C18H24N4O3. The number of para-hydroxylation sites is 1. The highest BCUT2D eigenvalue weighted by Gasteiger charge is 2.23. The summed E-state index contributed by atoms with van der Waals surface area (Å²) >= 11 is 0. The molecule has 1 saturated heterocycles. The van der Waals surface area contributed by atoms with Gasteiger partial charge >= 0.3 is 5.97 Å². The van der Waals surface area contributed by atoms with Gasteiger partial charge in [0.15, 0.2) is 5.82 Å². The second-order valence-electron chi connectivity index (χ2n) is 6.33. The number of ketones is 1. The molecule has 0 aliphatic carbocycles. The van der Waals surface area contributed by atoms with Crippen LogP contribution in [0, 0.1) is 0 Å². The summed E-state index contributed by atoms with van der Waals surface area (Å²) in [6.07, 6.45) is -0.283. The number of carbonyl (C=O) groups is 2. The van der Waals surface area contributed by atoms with E-state index in [-0.39, 0.29) is 18.8 Å². The molecule has 2 heterocycles. The van der Waals surface area contributed by atoms with Gasteiger partial charge in [0.05, 0.1) is 23.3 Å². The number of piperazine rings is 1. The number of rotatable bonds is 5. The average molecular weight is 344 g/mol. The van der Waals surface area contributed by atoms with Crippen molar-refractivity contribution in [3.05, 3.63) is 24.0 Å². The van der Waals surface area contributed by atoms with E-state index in [1.807, 2.05) is 19.2 Å². The van der Waals surface area contributed by atoms with Crippen LogP contribution in [0.25, 0.3) is 11.0 Å². The third-order valence-corrected chi connectivity index (χ3v) is 4.58. The van der Waals surface area contributed by atoms with Crippen molar-refractivity contribution in [3.63, 3.8) is 0 Å². The van der Waals surface area contributed by atoms with E-state index in [1.165, 1.54) is 0 Å². The molecule has 0 radical (unpaired) electrons. The number of anilines is 1. The van der Waals surface area contributed by atoms with E-state index in [1.54, 1.807) is 11.5 Å². The van der Waals surface area contributed by atoms with Crippen LogP contribution in [0.4, 0.5) is 5.69 Å². The Hall–Kier alpha value is -2.41. The Kier molecular flexibility index (Phi) is 5.03. The Morgan fingerprint density at radius 3 is 2.56 bits per heavy atom. The molecule has 1 aromatic heterocycles. The van der Waals surface area contributed by atoms with E-state index in [0.29, 0.717) is 5.82 Å². The molecule has 25 heavy (non-hydrogen) atoms. The fourth-order valence-electron chi connectivity index (χ4n) is 3.22. The van der Waals surface area contributed by atoms with Gasteiger partial charge in [-0.3, -0.25) is 9.59 Å². The summed E-state index contributed by atoms with van der Waals surface area (Å²) in [5.41, 5.74) is 2.78. The first-order valence-electron chi connectivity index (χ1n) is 8.59. The summed E-state index contributed by atoms with van der Waals surface area (Å²) in [6.45, 7) is 5.87. The van der Waals surface area contributed by atoms with Gasteiger partial charge in [-0.2, -0.15) is 0 Å². The second kappa shape index (κ2) is 7.23. The summed E-state index contributed by atoms with van der Waals surface area (Å²) in [6, 6.07) is 5.92. The number of nitrogens with zero attached hydrogens (tertiary/aromatic N) is 4. The Morgan fingerprint density at radius 1 is 1.16 bits per heavy atom. The van der Waals surface area contributed by atoms with Crippen molar-refractivity contribution in [1.82, 2.24) is 14.5 Å². The first-order chi connectivity index (χ1) is 12.0. The lowest BCUT2D eigenvalue weighted by molar-refractivity contribution is -0.141. The van der Waals surface area contributed by atoms with Gasteiger partial charge in [-0.1, -0.05) is 6.07 Å². The highest BCUT2D eigenvalue weighted by Crippen LogP contribution is 2.28. The minimum atomic E-state index is -0.515. The molecule has 0 unspecified atom stereocenters. The number of Topliss-reactive ketones (excluding diaryl/α,β-unsaturated/α-hetero) is 1.